The van der Waals surface area contributed by atoms with E-state index < -0.39 is 5.95 Å². The zero-order valence-corrected chi connectivity index (χ0v) is 13.2. The summed E-state index contributed by atoms with van der Waals surface area (Å²) in [5.41, 5.74) is 2.52. The minimum Gasteiger partial charge on any atom is -0.303 e. The Hall–Kier alpha value is -2.06. The van der Waals surface area contributed by atoms with E-state index in [2.05, 4.69) is 35.7 Å². The normalized spacial score (nSPS) is 19.0. The van der Waals surface area contributed by atoms with Crippen LogP contribution in [0.2, 0.25) is 0 Å². The maximum Gasteiger partial charge on any atom is 0.224 e. The van der Waals surface area contributed by atoms with E-state index in [0.29, 0.717) is 10.7 Å². The minimum atomic E-state index is -0.510. The van der Waals surface area contributed by atoms with Gasteiger partial charge in [-0.25, -0.2) is 4.98 Å². The van der Waals surface area contributed by atoms with E-state index in [1.165, 1.54) is 16.7 Å². The summed E-state index contributed by atoms with van der Waals surface area (Å²) in [5, 5.41) is 1.75. The molecule has 0 radical (unpaired) electrons. The topological polar surface area (TPSA) is 42.9 Å². The summed E-state index contributed by atoms with van der Waals surface area (Å²) in [6.45, 7) is 4.22. The first-order valence-corrected chi connectivity index (χ1v) is 7.96. The Morgan fingerprint density at radius 2 is 2.18 bits per heavy atom. The number of fused-ring (bicyclic) bond motifs is 1. The first-order valence-electron chi connectivity index (χ1n) is 7.08. The van der Waals surface area contributed by atoms with E-state index in [1.54, 1.807) is 0 Å². The van der Waals surface area contributed by atoms with Crippen LogP contribution in [0.25, 0.3) is 0 Å². The van der Waals surface area contributed by atoms with Crippen molar-refractivity contribution >= 4 is 17.6 Å². The molecule has 0 spiro atoms. The lowest BCUT2D eigenvalue weighted by Gasteiger charge is -2.36. The van der Waals surface area contributed by atoms with Gasteiger partial charge in [0, 0.05) is 17.0 Å². The van der Waals surface area contributed by atoms with Gasteiger partial charge in [0.15, 0.2) is 5.01 Å². The molecule has 0 saturated carbocycles. The Kier molecular flexibility index (Phi) is 3.79. The molecule has 1 atom stereocenters. The maximum atomic E-state index is 12.8. The van der Waals surface area contributed by atoms with Crippen molar-refractivity contribution in [3.63, 3.8) is 0 Å². The second-order valence-corrected chi connectivity index (χ2v) is 6.92. The highest BCUT2D eigenvalue weighted by atomic mass is 32.1. The molecule has 2 aromatic rings. The molecule has 112 valence electrons. The first kappa shape index (κ1) is 14.9. The van der Waals surface area contributed by atoms with Gasteiger partial charge in [-0.3, -0.25) is 0 Å². The van der Waals surface area contributed by atoms with Gasteiger partial charge in [0.25, 0.3) is 0 Å². The van der Waals surface area contributed by atoms with Gasteiger partial charge in [0.05, 0.1) is 0 Å². The van der Waals surface area contributed by atoms with Crippen molar-refractivity contribution in [1.29, 1.82) is 0 Å². The van der Waals surface area contributed by atoms with E-state index in [9.17, 15) is 9.18 Å². The van der Waals surface area contributed by atoms with Crippen LogP contribution in [-0.4, -0.2) is 16.3 Å². The molecule has 0 fully saturated rings. The van der Waals surface area contributed by atoms with Crippen molar-refractivity contribution in [2.75, 3.05) is 0 Å². The summed E-state index contributed by atoms with van der Waals surface area (Å²) < 4.78 is 12.8. The number of carbonyl (C=O) groups is 1. The molecule has 1 unspecified atom stereocenters. The number of pyridine rings is 1. The third kappa shape index (κ3) is 2.79. The predicted octanol–water partition coefficient (Wildman–Crippen LogP) is 3.33. The smallest absolute Gasteiger partial charge is 0.224 e. The molecule has 5 heteroatoms. The number of nitrogens with zero attached hydrogens (tertiary/aromatic N) is 2. The maximum absolute atomic E-state index is 12.8. The molecule has 0 bridgehead atoms. The van der Waals surface area contributed by atoms with Crippen LogP contribution in [0.3, 0.4) is 0 Å². The molecule has 3 rings (SSSR count). The van der Waals surface area contributed by atoms with Crippen molar-refractivity contribution < 1.29 is 9.18 Å². The van der Waals surface area contributed by atoms with E-state index in [0.717, 1.165) is 30.4 Å². The first-order chi connectivity index (χ1) is 10.5. The lowest BCUT2D eigenvalue weighted by atomic mass is 9.68. The van der Waals surface area contributed by atoms with Crippen molar-refractivity contribution in [3.8, 4) is 11.8 Å². The third-order valence-electron chi connectivity index (χ3n) is 4.10. The number of halogens is 1. The number of hydrogen-bond acceptors (Lipinski definition) is 4. The fourth-order valence-electron chi connectivity index (χ4n) is 2.77. The molecular weight excluding hydrogens is 299 g/mol. The number of aromatic nitrogens is 2. The van der Waals surface area contributed by atoms with E-state index in [1.807, 2.05) is 12.1 Å². The number of carbonyl (C=O) groups excluding carboxylic acids is 1. The lowest BCUT2D eigenvalue weighted by Crippen LogP contribution is -2.30. The number of rotatable bonds is 1. The average Bonchev–Trinajstić information content (AvgIpc) is 2.90. The number of aldehydes is 1. The second-order valence-electron chi connectivity index (χ2n) is 6.06. The number of aryl methyl sites for hydroxylation is 1. The van der Waals surface area contributed by atoms with Gasteiger partial charge in [-0.05, 0) is 41.7 Å². The van der Waals surface area contributed by atoms with Crippen LogP contribution in [0.15, 0.2) is 17.5 Å². The Labute approximate surface area is 132 Å². The summed E-state index contributed by atoms with van der Waals surface area (Å²) >= 11 is 1.17. The Morgan fingerprint density at radius 1 is 1.36 bits per heavy atom. The zero-order chi connectivity index (χ0) is 15.7. The molecule has 0 amide bonds. The minimum absolute atomic E-state index is 0.0396. The molecule has 22 heavy (non-hydrogen) atoms. The summed E-state index contributed by atoms with van der Waals surface area (Å²) in [6.07, 6.45) is 2.78. The Morgan fingerprint density at radius 3 is 2.86 bits per heavy atom. The van der Waals surface area contributed by atoms with E-state index in [4.69, 9.17) is 0 Å². The van der Waals surface area contributed by atoms with E-state index >= 15 is 0 Å². The predicted molar refractivity (Wildman–Crippen MR) is 83.2 cm³/mol. The highest BCUT2D eigenvalue weighted by Gasteiger charge is 2.36. The Balaban J connectivity index is 1.92. The third-order valence-corrected chi connectivity index (χ3v) is 4.83. The average molecular weight is 314 g/mol. The molecule has 1 aliphatic rings. The Bertz CT molecular complexity index is 785. The van der Waals surface area contributed by atoms with Crippen molar-refractivity contribution in [2.45, 2.75) is 32.6 Å². The van der Waals surface area contributed by atoms with Gasteiger partial charge in [-0.2, -0.15) is 9.37 Å². The van der Waals surface area contributed by atoms with Crippen molar-refractivity contribution in [3.05, 3.63) is 45.4 Å². The monoisotopic (exact) mass is 314 g/mol. The van der Waals surface area contributed by atoms with Crippen LogP contribution < -0.4 is 0 Å². The van der Waals surface area contributed by atoms with Gasteiger partial charge in [0.2, 0.25) is 5.95 Å². The molecule has 2 heterocycles. The number of thiazole rings is 1. The summed E-state index contributed by atoms with van der Waals surface area (Å²) in [5.74, 6) is 5.09. The molecule has 0 aromatic carbocycles. The van der Waals surface area contributed by atoms with Crippen LogP contribution in [0.4, 0.5) is 4.39 Å². The fraction of sp³-hybridized carbons (Fsp3) is 0.353. The highest BCUT2D eigenvalue weighted by molar-refractivity contribution is 7.10. The molecule has 0 saturated heterocycles. The van der Waals surface area contributed by atoms with Gasteiger partial charge in [0.1, 0.15) is 12.0 Å². The van der Waals surface area contributed by atoms with Crippen LogP contribution in [0.1, 0.15) is 48.1 Å². The van der Waals surface area contributed by atoms with Gasteiger partial charge < -0.3 is 4.79 Å². The van der Waals surface area contributed by atoms with Crippen LogP contribution in [-0.2, 0) is 11.2 Å². The second kappa shape index (κ2) is 5.62. The highest BCUT2D eigenvalue weighted by Crippen LogP contribution is 2.43. The number of hydrogen-bond donors (Lipinski definition) is 0. The SMILES string of the molecule is CC1(C)CCc2nc(C#Cc3nc(F)cs3)ccc2C1C=O. The molecule has 0 aliphatic heterocycles. The van der Waals surface area contributed by atoms with Crippen LogP contribution in [0, 0.1) is 23.2 Å². The molecule has 0 N–H and O–H groups in total. The molecule has 2 aromatic heterocycles. The summed E-state index contributed by atoms with van der Waals surface area (Å²) in [4.78, 5) is 19.6. The van der Waals surface area contributed by atoms with Crippen molar-refractivity contribution in [1.82, 2.24) is 9.97 Å². The van der Waals surface area contributed by atoms with Crippen LogP contribution in [0.5, 0.6) is 0 Å². The van der Waals surface area contributed by atoms with Gasteiger partial charge in [-0.15, -0.1) is 11.3 Å². The van der Waals surface area contributed by atoms with Crippen molar-refractivity contribution in [2.24, 2.45) is 5.41 Å². The standard InChI is InChI=1S/C17H15FN2OS/c1-17(2)8-7-14-12(13(17)9-21)5-3-11(19-14)4-6-16-20-15(18)10-22-16/h3,5,9-10,13H,7-8H2,1-2H3. The van der Waals surface area contributed by atoms with Gasteiger partial charge >= 0.3 is 0 Å². The zero-order valence-electron chi connectivity index (χ0n) is 12.4. The van der Waals surface area contributed by atoms with Gasteiger partial charge in [-0.1, -0.05) is 19.9 Å². The summed E-state index contributed by atoms with van der Waals surface area (Å²) in [7, 11) is 0. The van der Waals surface area contributed by atoms with Crippen LogP contribution >= 0.6 is 11.3 Å². The lowest BCUT2D eigenvalue weighted by molar-refractivity contribution is -0.111. The quantitative estimate of drug-likeness (QED) is 0.599. The van der Waals surface area contributed by atoms with E-state index in [-0.39, 0.29) is 11.3 Å². The fourth-order valence-corrected chi connectivity index (χ4v) is 3.28. The molecular formula is C17H15FN2OS. The molecule has 1 aliphatic carbocycles. The summed E-state index contributed by atoms with van der Waals surface area (Å²) in [6, 6.07) is 3.75. The molecule has 3 nitrogen and oxygen atoms in total. The largest absolute Gasteiger partial charge is 0.303 e.